The Morgan fingerprint density at radius 1 is 1.23 bits per heavy atom. The van der Waals surface area contributed by atoms with Crippen molar-refractivity contribution in [2.24, 2.45) is 0 Å². The fourth-order valence-electron chi connectivity index (χ4n) is 3.92. The number of benzene rings is 1. The number of carbonyl (C=O) groups excluding carboxylic acids is 2. The van der Waals surface area contributed by atoms with E-state index in [4.69, 9.17) is 0 Å². The first-order valence-corrected chi connectivity index (χ1v) is 8.89. The molecule has 0 saturated carbocycles. The van der Waals surface area contributed by atoms with E-state index in [2.05, 4.69) is 10.3 Å². The lowest BCUT2D eigenvalue weighted by atomic mass is 9.74. The molecule has 0 atom stereocenters. The molecule has 5 heteroatoms. The topological polar surface area (TPSA) is 62.3 Å². The van der Waals surface area contributed by atoms with E-state index < -0.39 is 5.41 Å². The van der Waals surface area contributed by atoms with Crippen LogP contribution < -0.4 is 5.32 Å². The lowest BCUT2D eigenvalue weighted by molar-refractivity contribution is -0.131. The average molecular weight is 347 g/mol. The van der Waals surface area contributed by atoms with Gasteiger partial charge in [0.1, 0.15) is 0 Å². The summed E-state index contributed by atoms with van der Waals surface area (Å²) < 4.78 is 0. The van der Waals surface area contributed by atoms with Gasteiger partial charge in [0.05, 0.1) is 17.3 Å². The summed E-state index contributed by atoms with van der Waals surface area (Å²) in [6, 6.07) is 9.89. The lowest BCUT2D eigenvalue weighted by Gasteiger charge is -2.37. The summed E-state index contributed by atoms with van der Waals surface area (Å²) in [5.41, 5.74) is 3.49. The second-order valence-electron chi connectivity index (χ2n) is 6.97. The van der Waals surface area contributed by atoms with Crippen LogP contribution in [0, 0.1) is 6.92 Å². The van der Waals surface area contributed by atoms with Gasteiger partial charge in [-0.05, 0) is 48.6 Å². The molecule has 2 aliphatic heterocycles. The van der Waals surface area contributed by atoms with Crippen LogP contribution in [0.2, 0.25) is 0 Å². The SMILES string of the molecule is Cc1ccccc1/C=C/C(=O)N1CCC2(CC1)C(=O)Nc1cnccc12. The van der Waals surface area contributed by atoms with E-state index in [0.29, 0.717) is 25.9 Å². The number of hydrogen-bond acceptors (Lipinski definition) is 3. The number of carbonyl (C=O) groups is 2. The van der Waals surface area contributed by atoms with Crippen LogP contribution in [0.5, 0.6) is 0 Å². The highest BCUT2D eigenvalue weighted by Gasteiger charge is 2.48. The number of aryl methyl sites for hydroxylation is 1. The third kappa shape index (κ3) is 2.69. The van der Waals surface area contributed by atoms with Crippen molar-refractivity contribution in [2.45, 2.75) is 25.2 Å². The number of nitrogens with one attached hydrogen (secondary N) is 1. The van der Waals surface area contributed by atoms with E-state index in [9.17, 15) is 9.59 Å². The lowest BCUT2D eigenvalue weighted by Crippen LogP contribution is -2.47. The first-order chi connectivity index (χ1) is 12.6. The molecule has 2 aliphatic rings. The van der Waals surface area contributed by atoms with Crippen LogP contribution in [0.15, 0.2) is 48.8 Å². The van der Waals surface area contributed by atoms with Gasteiger partial charge in [0.25, 0.3) is 0 Å². The Labute approximate surface area is 152 Å². The maximum Gasteiger partial charge on any atom is 0.246 e. The molecule has 0 unspecified atom stereocenters. The molecule has 1 fully saturated rings. The van der Waals surface area contributed by atoms with Crippen LogP contribution in [-0.2, 0) is 15.0 Å². The second-order valence-corrected chi connectivity index (χ2v) is 6.97. The number of pyridine rings is 1. The first kappa shape index (κ1) is 16.5. The molecule has 132 valence electrons. The largest absolute Gasteiger partial charge is 0.339 e. The Morgan fingerprint density at radius 2 is 2.00 bits per heavy atom. The van der Waals surface area contributed by atoms with Gasteiger partial charge in [-0.25, -0.2) is 0 Å². The molecule has 26 heavy (non-hydrogen) atoms. The molecule has 2 aromatic rings. The Balaban J connectivity index is 1.46. The van der Waals surface area contributed by atoms with Crippen molar-refractivity contribution in [3.63, 3.8) is 0 Å². The van der Waals surface area contributed by atoms with E-state index in [1.165, 1.54) is 0 Å². The van der Waals surface area contributed by atoms with E-state index in [1.54, 1.807) is 18.5 Å². The van der Waals surface area contributed by atoms with E-state index in [1.807, 2.05) is 48.2 Å². The van der Waals surface area contributed by atoms with Gasteiger partial charge in [-0.3, -0.25) is 14.6 Å². The van der Waals surface area contributed by atoms with Crippen LogP contribution >= 0.6 is 0 Å². The number of hydrogen-bond donors (Lipinski definition) is 1. The number of nitrogens with zero attached hydrogens (tertiary/aromatic N) is 2. The minimum absolute atomic E-state index is 0.00328. The Hall–Kier alpha value is -2.95. The summed E-state index contributed by atoms with van der Waals surface area (Å²) in [6.45, 7) is 3.18. The summed E-state index contributed by atoms with van der Waals surface area (Å²) >= 11 is 0. The third-order valence-corrected chi connectivity index (χ3v) is 5.54. The number of aromatic nitrogens is 1. The smallest absolute Gasteiger partial charge is 0.246 e. The van der Waals surface area contributed by atoms with Crippen molar-refractivity contribution in [1.29, 1.82) is 0 Å². The van der Waals surface area contributed by atoms with E-state index >= 15 is 0 Å². The number of rotatable bonds is 2. The van der Waals surface area contributed by atoms with Crippen LogP contribution in [-0.4, -0.2) is 34.8 Å². The minimum atomic E-state index is -0.519. The highest BCUT2D eigenvalue weighted by Crippen LogP contribution is 2.44. The van der Waals surface area contributed by atoms with Crippen LogP contribution in [0.1, 0.15) is 29.5 Å². The molecular formula is C21H21N3O2. The van der Waals surface area contributed by atoms with Crippen molar-refractivity contribution >= 4 is 23.6 Å². The molecular weight excluding hydrogens is 326 g/mol. The summed E-state index contributed by atoms with van der Waals surface area (Å²) in [7, 11) is 0. The molecule has 5 nitrogen and oxygen atoms in total. The zero-order chi connectivity index (χ0) is 18.1. The van der Waals surface area contributed by atoms with Gasteiger partial charge in [0.2, 0.25) is 11.8 Å². The van der Waals surface area contributed by atoms with Gasteiger partial charge in [-0.2, -0.15) is 0 Å². The Kier molecular flexibility index (Phi) is 4.07. The molecule has 4 rings (SSSR count). The maximum atomic E-state index is 12.6. The molecule has 0 radical (unpaired) electrons. The van der Waals surface area contributed by atoms with Gasteiger partial charge in [0, 0.05) is 25.4 Å². The van der Waals surface area contributed by atoms with E-state index in [-0.39, 0.29) is 11.8 Å². The third-order valence-electron chi connectivity index (χ3n) is 5.54. The molecule has 1 aromatic heterocycles. The number of amides is 2. The van der Waals surface area contributed by atoms with Crippen molar-refractivity contribution < 1.29 is 9.59 Å². The number of likely N-dealkylation sites (tertiary alicyclic amines) is 1. The van der Waals surface area contributed by atoms with Crippen LogP contribution in [0.3, 0.4) is 0 Å². The predicted molar refractivity (Wildman–Crippen MR) is 101 cm³/mol. The Morgan fingerprint density at radius 3 is 2.77 bits per heavy atom. The highest BCUT2D eigenvalue weighted by molar-refractivity contribution is 6.06. The monoisotopic (exact) mass is 347 g/mol. The maximum absolute atomic E-state index is 12.6. The van der Waals surface area contributed by atoms with Crippen LogP contribution in [0.4, 0.5) is 5.69 Å². The number of anilines is 1. The summed E-state index contributed by atoms with van der Waals surface area (Å²) in [5, 5.41) is 2.94. The molecule has 1 spiro atoms. The molecule has 1 aromatic carbocycles. The summed E-state index contributed by atoms with van der Waals surface area (Å²) in [5.74, 6) is 0.0273. The highest BCUT2D eigenvalue weighted by atomic mass is 16.2. The fourth-order valence-corrected chi connectivity index (χ4v) is 3.92. The van der Waals surface area contributed by atoms with Gasteiger partial charge in [-0.15, -0.1) is 0 Å². The minimum Gasteiger partial charge on any atom is -0.339 e. The zero-order valence-electron chi connectivity index (χ0n) is 14.7. The second kappa shape index (κ2) is 6.41. The fraction of sp³-hybridized carbons (Fsp3) is 0.286. The molecule has 0 aliphatic carbocycles. The predicted octanol–water partition coefficient (Wildman–Crippen LogP) is 2.92. The van der Waals surface area contributed by atoms with Crippen molar-refractivity contribution in [2.75, 3.05) is 18.4 Å². The molecule has 1 N–H and O–H groups in total. The van der Waals surface area contributed by atoms with Gasteiger partial charge < -0.3 is 10.2 Å². The van der Waals surface area contributed by atoms with Gasteiger partial charge in [0.15, 0.2) is 0 Å². The summed E-state index contributed by atoms with van der Waals surface area (Å²) in [6.07, 6.45) is 8.20. The number of piperidine rings is 1. The quantitative estimate of drug-likeness (QED) is 0.850. The van der Waals surface area contributed by atoms with Gasteiger partial charge in [-0.1, -0.05) is 24.3 Å². The van der Waals surface area contributed by atoms with E-state index in [0.717, 1.165) is 22.4 Å². The molecule has 1 saturated heterocycles. The molecule has 2 amide bonds. The standard InChI is InChI=1S/C21H21N3O2/c1-15-4-2-3-5-16(15)6-7-19(25)24-12-9-21(10-13-24)17-8-11-22-14-18(17)23-20(21)26/h2-8,11,14H,9-10,12-13H2,1H3,(H,23,26)/b7-6+. The normalized spacial score (nSPS) is 18.2. The molecule has 0 bridgehead atoms. The van der Waals surface area contributed by atoms with Crippen molar-refractivity contribution in [1.82, 2.24) is 9.88 Å². The number of fused-ring (bicyclic) bond motifs is 2. The Bertz CT molecular complexity index is 896. The van der Waals surface area contributed by atoms with Crippen molar-refractivity contribution in [3.05, 3.63) is 65.5 Å². The zero-order valence-corrected chi connectivity index (χ0v) is 14.7. The average Bonchev–Trinajstić information content (AvgIpc) is 2.93. The van der Waals surface area contributed by atoms with Crippen LogP contribution in [0.25, 0.3) is 6.08 Å². The van der Waals surface area contributed by atoms with Crippen molar-refractivity contribution in [3.8, 4) is 0 Å². The first-order valence-electron chi connectivity index (χ1n) is 8.89. The summed E-state index contributed by atoms with van der Waals surface area (Å²) in [4.78, 5) is 31.0. The molecule has 3 heterocycles. The van der Waals surface area contributed by atoms with Gasteiger partial charge >= 0.3 is 0 Å².